The number of carbonyl (C=O) groups excluding carboxylic acids is 1. The third-order valence-electron chi connectivity index (χ3n) is 2.85. The van der Waals surface area contributed by atoms with Gasteiger partial charge < -0.3 is 5.32 Å². The first kappa shape index (κ1) is 13.0. The lowest BCUT2D eigenvalue weighted by Crippen LogP contribution is -2.15. The number of amides is 1. The molecule has 0 aliphatic carbocycles. The van der Waals surface area contributed by atoms with Gasteiger partial charge in [-0.3, -0.25) is 15.0 Å². The van der Waals surface area contributed by atoms with Crippen molar-refractivity contribution < 1.29 is 13.6 Å². The minimum absolute atomic E-state index is 0.295. The van der Waals surface area contributed by atoms with Gasteiger partial charge in [0.1, 0.15) is 22.9 Å². The van der Waals surface area contributed by atoms with Crippen LogP contribution < -0.4 is 5.32 Å². The molecule has 1 aromatic carbocycles. The Morgan fingerprint density at radius 2 is 1.90 bits per heavy atom. The summed E-state index contributed by atoms with van der Waals surface area (Å²) in [6.45, 7) is 0. The fourth-order valence-electron chi connectivity index (χ4n) is 1.89. The van der Waals surface area contributed by atoms with E-state index in [1.807, 2.05) is 0 Å². The van der Waals surface area contributed by atoms with Crippen molar-refractivity contribution in [3.8, 4) is 11.3 Å². The summed E-state index contributed by atoms with van der Waals surface area (Å²) in [7, 11) is 0. The van der Waals surface area contributed by atoms with Gasteiger partial charge in [0.2, 0.25) is 0 Å². The summed E-state index contributed by atoms with van der Waals surface area (Å²) >= 11 is 0. The van der Waals surface area contributed by atoms with Crippen LogP contribution in [0.4, 0.5) is 14.5 Å². The van der Waals surface area contributed by atoms with Gasteiger partial charge in [-0.15, -0.1) is 0 Å². The van der Waals surface area contributed by atoms with Crippen LogP contribution in [0.25, 0.3) is 11.3 Å². The van der Waals surface area contributed by atoms with Gasteiger partial charge in [0.25, 0.3) is 5.91 Å². The summed E-state index contributed by atoms with van der Waals surface area (Å²) < 4.78 is 27.1. The Balaban J connectivity index is 1.91. The van der Waals surface area contributed by atoms with Gasteiger partial charge in [-0.1, -0.05) is 6.07 Å². The third kappa shape index (κ3) is 2.38. The van der Waals surface area contributed by atoms with Gasteiger partial charge in [-0.2, -0.15) is 10.2 Å². The molecule has 3 rings (SSSR count). The third-order valence-corrected chi connectivity index (χ3v) is 2.85. The van der Waals surface area contributed by atoms with E-state index in [0.29, 0.717) is 16.9 Å². The molecule has 106 valence electrons. The molecule has 6 nitrogen and oxygen atoms in total. The fraction of sp³-hybridized carbons (Fsp3) is 0. The van der Waals surface area contributed by atoms with Crippen LogP contribution in [0.15, 0.2) is 36.8 Å². The van der Waals surface area contributed by atoms with Crippen molar-refractivity contribution in [1.82, 2.24) is 20.4 Å². The van der Waals surface area contributed by atoms with Crippen LogP contribution in [0.3, 0.4) is 0 Å². The highest BCUT2D eigenvalue weighted by Crippen LogP contribution is 2.25. The molecule has 0 saturated heterocycles. The van der Waals surface area contributed by atoms with Crippen molar-refractivity contribution in [2.24, 2.45) is 0 Å². The first-order valence-corrected chi connectivity index (χ1v) is 5.95. The molecule has 0 saturated carbocycles. The van der Waals surface area contributed by atoms with Crippen LogP contribution in [-0.2, 0) is 0 Å². The van der Waals surface area contributed by atoms with Crippen molar-refractivity contribution >= 4 is 11.6 Å². The molecule has 21 heavy (non-hydrogen) atoms. The number of aromatic nitrogens is 4. The summed E-state index contributed by atoms with van der Waals surface area (Å²) in [6.07, 6.45) is 4.50. The smallest absolute Gasteiger partial charge is 0.261 e. The number of H-pyrrole nitrogens is 2. The number of rotatable bonds is 3. The number of benzene rings is 1. The molecule has 0 unspecified atom stereocenters. The number of nitrogens with one attached hydrogen (secondary N) is 3. The predicted molar refractivity (Wildman–Crippen MR) is 70.5 cm³/mol. The molecule has 3 N–H and O–H groups in total. The molecule has 3 aromatic rings. The highest BCUT2D eigenvalue weighted by atomic mass is 19.1. The molecule has 0 atom stereocenters. The Bertz CT molecular complexity index is 761. The maximum Gasteiger partial charge on any atom is 0.261 e. The van der Waals surface area contributed by atoms with Gasteiger partial charge in [-0.25, -0.2) is 8.78 Å². The number of hydrogen-bond acceptors (Lipinski definition) is 3. The predicted octanol–water partition coefficient (Wildman–Crippen LogP) is 2.33. The van der Waals surface area contributed by atoms with Gasteiger partial charge in [0.05, 0.1) is 11.9 Å². The second-order valence-electron chi connectivity index (χ2n) is 4.19. The Labute approximate surface area is 117 Å². The monoisotopic (exact) mass is 289 g/mol. The van der Waals surface area contributed by atoms with E-state index < -0.39 is 23.1 Å². The maximum absolute atomic E-state index is 13.6. The van der Waals surface area contributed by atoms with E-state index in [0.717, 1.165) is 12.1 Å². The average molecular weight is 289 g/mol. The van der Waals surface area contributed by atoms with Gasteiger partial charge in [0.15, 0.2) is 0 Å². The highest BCUT2D eigenvalue weighted by Gasteiger charge is 2.19. The van der Waals surface area contributed by atoms with Crippen molar-refractivity contribution in [1.29, 1.82) is 0 Å². The molecule has 0 spiro atoms. The number of hydrogen-bond donors (Lipinski definition) is 3. The van der Waals surface area contributed by atoms with Gasteiger partial charge >= 0.3 is 0 Å². The molecular formula is C13H9F2N5O. The minimum Gasteiger partial charge on any atom is -0.319 e. The Morgan fingerprint density at radius 1 is 1.14 bits per heavy atom. The lowest BCUT2D eigenvalue weighted by atomic mass is 10.1. The number of halogens is 2. The quantitative estimate of drug-likeness (QED) is 0.691. The standard InChI is InChI=1S/C13H9F2N5O/c14-8-2-1-3-9(15)11(8)13(21)19-10-6-18-20-12(10)7-4-16-17-5-7/h1-6H,(H,16,17)(H,18,20)(H,19,21). The zero-order valence-corrected chi connectivity index (χ0v) is 10.5. The Morgan fingerprint density at radius 3 is 2.57 bits per heavy atom. The van der Waals surface area contributed by atoms with Crippen LogP contribution in [0.1, 0.15) is 10.4 Å². The van der Waals surface area contributed by atoms with E-state index in [1.54, 1.807) is 6.20 Å². The van der Waals surface area contributed by atoms with E-state index in [9.17, 15) is 13.6 Å². The van der Waals surface area contributed by atoms with E-state index in [-0.39, 0.29) is 0 Å². The molecule has 1 amide bonds. The molecular weight excluding hydrogens is 280 g/mol. The van der Waals surface area contributed by atoms with Crippen molar-refractivity contribution in [3.63, 3.8) is 0 Å². The zero-order chi connectivity index (χ0) is 14.8. The van der Waals surface area contributed by atoms with Crippen LogP contribution in [-0.4, -0.2) is 26.3 Å². The van der Waals surface area contributed by atoms with Gasteiger partial charge in [-0.05, 0) is 12.1 Å². The largest absolute Gasteiger partial charge is 0.319 e. The molecule has 2 heterocycles. The molecule has 2 aromatic heterocycles. The minimum atomic E-state index is -0.930. The van der Waals surface area contributed by atoms with E-state index in [4.69, 9.17) is 0 Å². The number of nitrogens with zero attached hydrogens (tertiary/aromatic N) is 2. The van der Waals surface area contributed by atoms with Crippen molar-refractivity contribution in [2.45, 2.75) is 0 Å². The summed E-state index contributed by atoms with van der Waals surface area (Å²) in [5.74, 6) is -2.75. The highest BCUT2D eigenvalue weighted by molar-refractivity contribution is 6.06. The van der Waals surface area contributed by atoms with Crippen LogP contribution in [0, 0.1) is 11.6 Å². The van der Waals surface area contributed by atoms with E-state index in [2.05, 4.69) is 25.7 Å². The zero-order valence-electron chi connectivity index (χ0n) is 10.5. The molecule has 0 bridgehead atoms. The topological polar surface area (TPSA) is 86.5 Å². The summed E-state index contributed by atoms with van der Waals surface area (Å²) in [4.78, 5) is 12.0. The summed E-state index contributed by atoms with van der Waals surface area (Å²) in [6, 6.07) is 3.23. The average Bonchev–Trinajstić information content (AvgIpc) is 3.08. The van der Waals surface area contributed by atoms with Crippen LogP contribution in [0.5, 0.6) is 0 Å². The van der Waals surface area contributed by atoms with Gasteiger partial charge in [0, 0.05) is 18.0 Å². The van der Waals surface area contributed by atoms with Crippen LogP contribution in [0.2, 0.25) is 0 Å². The summed E-state index contributed by atoms with van der Waals surface area (Å²) in [5.41, 5.74) is 0.690. The maximum atomic E-state index is 13.6. The summed E-state index contributed by atoms with van der Waals surface area (Å²) in [5, 5.41) is 15.3. The number of anilines is 1. The molecule has 0 radical (unpaired) electrons. The van der Waals surface area contributed by atoms with E-state index >= 15 is 0 Å². The van der Waals surface area contributed by atoms with Crippen molar-refractivity contribution in [3.05, 3.63) is 54.0 Å². The second-order valence-corrected chi connectivity index (χ2v) is 4.19. The molecule has 0 aliphatic heterocycles. The Hall–Kier alpha value is -3.03. The lowest BCUT2D eigenvalue weighted by molar-refractivity contribution is 0.101. The second kappa shape index (κ2) is 5.16. The molecule has 0 fully saturated rings. The number of carbonyl (C=O) groups is 1. The molecule has 8 heteroatoms. The Kier molecular flexibility index (Phi) is 3.19. The molecule has 0 aliphatic rings. The van der Waals surface area contributed by atoms with Crippen LogP contribution >= 0.6 is 0 Å². The van der Waals surface area contributed by atoms with E-state index in [1.165, 1.54) is 18.5 Å². The lowest BCUT2D eigenvalue weighted by Gasteiger charge is -2.06. The SMILES string of the molecule is O=C(Nc1c[nH]nc1-c1cn[nH]c1)c1c(F)cccc1F. The normalized spacial score (nSPS) is 10.6. The fourth-order valence-corrected chi connectivity index (χ4v) is 1.89. The van der Waals surface area contributed by atoms with Crippen molar-refractivity contribution in [2.75, 3.05) is 5.32 Å². The first-order chi connectivity index (χ1) is 10.2. The number of aromatic amines is 2. The first-order valence-electron chi connectivity index (χ1n) is 5.95.